The van der Waals surface area contributed by atoms with E-state index < -0.39 is 0 Å². The van der Waals surface area contributed by atoms with Crippen molar-refractivity contribution in [2.75, 3.05) is 7.05 Å². The average Bonchev–Trinajstić information content (AvgIpc) is 2.75. The molecule has 0 aliphatic heterocycles. The largest absolute Gasteiger partial charge is 0.340 e. The van der Waals surface area contributed by atoms with Gasteiger partial charge in [-0.3, -0.25) is 4.79 Å². The fourth-order valence-electron chi connectivity index (χ4n) is 2.74. The van der Waals surface area contributed by atoms with Gasteiger partial charge in [0.1, 0.15) is 10.9 Å². The van der Waals surface area contributed by atoms with Gasteiger partial charge in [-0.1, -0.05) is 6.92 Å². The first-order chi connectivity index (χ1) is 9.10. The number of nitrogens with zero attached hydrogens (tertiary/aromatic N) is 1. The molecule has 102 valence electrons. The average molecular weight is 278 g/mol. The van der Waals surface area contributed by atoms with Gasteiger partial charge in [0.2, 0.25) is 0 Å². The van der Waals surface area contributed by atoms with Gasteiger partial charge in [-0.15, -0.1) is 11.3 Å². The van der Waals surface area contributed by atoms with Crippen LogP contribution in [0.2, 0.25) is 0 Å². The topological polar surface area (TPSA) is 62.4 Å². The second-order valence-corrected chi connectivity index (χ2v) is 6.69. The Balaban J connectivity index is 2.19. The molecule has 0 radical (unpaired) electrons. The standard InChI is InChI=1S/C14H19N3OS/c1-7-4-5-9-10(6-7)19-14-11(9)13(18)16-12(17-14)8(2)15-3/h7-8,15H,4-6H2,1-3H3,(H,16,17,18)/p+1/t7-,8-/m0/s1. The van der Waals surface area contributed by atoms with E-state index in [9.17, 15) is 4.79 Å². The van der Waals surface area contributed by atoms with Crippen molar-refractivity contribution in [1.29, 1.82) is 0 Å². The molecule has 0 fully saturated rings. The van der Waals surface area contributed by atoms with E-state index in [1.807, 2.05) is 7.05 Å². The Morgan fingerprint density at radius 1 is 1.53 bits per heavy atom. The Morgan fingerprint density at radius 3 is 3.05 bits per heavy atom. The Hall–Kier alpha value is -1.20. The van der Waals surface area contributed by atoms with E-state index >= 15 is 0 Å². The van der Waals surface area contributed by atoms with Crippen molar-refractivity contribution in [3.63, 3.8) is 0 Å². The zero-order chi connectivity index (χ0) is 13.6. The molecule has 19 heavy (non-hydrogen) atoms. The second kappa shape index (κ2) is 4.72. The number of aromatic nitrogens is 2. The van der Waals surface area contributed by atoms with Crippen LogP contribution in [0.15, 0.2) is 4.79 Å². The summed E-state index contributed by atoms with van der Waals surface area (Å²) in [6.45, 7) is 4.34. The van der Waals surface area contributed by atoms with E-state index in [1.54, 1.807) is 11.3 Å². The van der Waals surface area contributed by atoms with E-state index in [1.165, 1.54) is 16.9 Å². The van der Waals surface area contributed by atoms with E-state index in [-0.39, 0.29) is 11.6 Å². The number of hydrogen-bond acceptors (Lipinski definition) is 3. The van der Waals surface area contributed by atoms with Crippen molar-refractivity contribution >= 4 is 21.6 Å². The molecule has 2 aromatic rings. The first-order valence-corrected chi connectivity index (χ1v) is 7.75. The summed E-state index contributed by atoms with van der Waals surface area (Å²) in [7, 11) is 2.00. The molecule has 1 aliphatic rings. The number of rotatable bonds is 2. The molecule has 0 amide bonds. The van der Waals surface area contributed by atoms with E-state index in [2.05, 4.69) is 29.1 Å². The molecule has 0 spiro atoms. The van der Waals surface area contributed by atoms with Crippen LogP contribution in [0.5, 0.6) is 0 Å². The number of aryl methyl sites for hydroxylation is 1. The predicted molar refractivity (Wildman–Crippen MR) is 77.7 cm³/mol. The highest BCUT2D eigenvalue weighted by Gasteiger charge is 2.23. The fourth-order valence-corrected chi connectivity index (χ4v) is 4.13. The molecule has 3 rings (SSSR count). The zero-order valence-electron chi connectivity index (χ0n) is 11.6. The monoisotopic (exact) mass is 278 g/mol. The second-order valence-electron chi connectivity index (χ2n) is 5.61. The van der Waals surface area contributed by atoms with Gasteiger partial charge in [0.25, 0.3) is 5.56 Å². The molecule has 0 saturated carbocycles. The van der Waals surface area contributed by atoms with Crippen LogP contribution in [0.4, 0.5) is 0 Å². The summed E-state index contributed by atoms with van der Waals surface area (Å²) in [6.07, 6.45) is 3.30. The van der Waals surface area contributed by atoms with Gasteiger partial charge in [-0.05, 0) is 37.7 Å². The summed E-state index contributed by atoms with van der Waals surface area (Å²) < 4.78 is 0. The predicted octanol–water partition coefficient (Wildman–Crippen LogP) is 1.36. The lowest BCUT2D eigenvalue weighted by Crippen LogP contribution is -2.80. The van der Waals surface area contributed by atoms with Crippen LogP contribution in [0.3, 0.4) is 0 Å². The lowest BCUT2D eigenvalue weighted by Gasteiger charge is -2.17. The van der Waals surface area contributed by atoms with E-state index in [0.29, 0.717) is 0 Å². The Kier molecular flexibility index (Phi) is 3.19. The SMILES string of the molecule is C[NH2+][C@@H](C)c1nc2sc3c(c2c(=O)[nH]1)CC[C@H](C)C3. The van der Waals surface area contributed by atoms with Gasteiger partial charge in [0.05, 0.1) is 12.4 Å². The van der Waals surface area contributed by atoms with Gasteiger partial charge >= 0.3 is 0 Å². The third kappa shape index (κ3) is 2.11. The number of hydrogen-bond donors (Lipinski definition) is 2. The highest BCUT2D eigenvalue weighted by Crippen LogP contribution is 2.35. The van der Waals surface area contributed by atoms with Crippen LogP contribution in [0.25, 0.3) is 10.2 Å². The molecular formula is C14H20N3OS+. The van der Waals surface area contributed by atoms with E-state index in [4.69, 9.17) is 0 Å². The molecule has 3 N–H and O–H groups in total. The summed E-state index contributed by atoms with van der Waals surface area (Å²) in [5.74, 6) is 1.51. The molecule has 2 atom stereocenters. The van der Waals surface area contributed by atoms with Crippen molar-refractivity contribution in [2.24, 2.45) is 5.92 Å². The van der Waals surface area contributed by atoms with Gasteiger partial charge in [-0.25, -0.2) is 4.98 Å². The highest BCUT2D eigenvalue weighted by atomic mass is 32.1. The minimum absolute atomic E-state index is 0.0424. The van der Waals surface area contributed by atoms with Gasteiger partial charge in [0.15, 0.2) is 5.82 Å². The number of fused-ring (bicyclic) bond motifs is 3. The quantitative estimate of drug-likeness (QED) is 0.871. The number of H-pyrrole nitrogens is 1. The fraction of sp³-hybridized carbons (Fsp3) is 0.571. The van der Waals surface area contributed by atoms with Gasteiger partial charge < -0.3 is 10.3 Å². The van der Waals surface area contributed by atoms with Crippen molar-refractivity contribution in [3.8, 4) is 0 Å². The first-order valence-electron chi connectivity index (χ1n) is 6.94. The third-order valence-corrected chi connectivity index (χ3v) is 5.26. The Labute approximate surface area is 116 Å². The van der Waals surface area contributed by atoms with Crippen molar-refractivity contribution in [3.05, 3.63) is 26.6 Å². The lowest BCUT2D eigenvalue weighted by molar-refractivity contribution is -0.667. The molecule has 2 heterocycles. The molecule has 2 aromatic heterocycles. The number of thiophene rings is 1. The summed E-state index contributed by atoms with van der Waals surface area (Å²) >= 11 is 1.71. The number of aromatic amines is 1. The van der Waals surface area contributed by atoms with Crippen LogP contribution in [0, 0.1) is 5.92 Å². The first kappa shape index (κ1) is 12.8. The number of nitrogens with one attached hydrogen (secondary N) is 1. The molecule has 5 heteroatoms. The molecule has 1 aliphatic carbocycles. The van der Waals surface area contributed by atoms with Crippen LogP contribution in [-0.4, -0.2) is 17.0 Å². The zero-order valence-corrected chi connectivity index (χ0v) is 12.4. The third-order valence-electron chi connectivity index (χ3n) is 4.12. The van der Waals surface area contributed by atoms with Crippen LogP contribution < -0.4 is 10.9 Å². The van der Waals surface area contributed by atoms with Crippen molar-refractivity contribution in [2.45, 2.75) is 39.2 Å². The summed E-state index contributed by atoms with van der Waals surface area (Å²) in [5.41, 5.74) is 1.30. The maximum atomic E-state index is 12.3. The summed E-state index contributed by atoms with van der Waals surface area (Å²) in [5, 5.41) is 2.90. The Bertz CT molecular complexity index is 673. The maximum Gasteiger partial charge on any atom is 0.260 e. The minimum Gasteiger partial charge on any atom is -0.340 e. The summed E-state index contributed by atoms with van der Waals surface area (Å²) in [4.78, 5) is 22.3. The molecular weight excluding hydrogens is 258 g/mol. The number of nitrogens with two attached hydrogens (primary N) is 1. The molecule has 4 nitrogen and oxygen atoms in total. The molecule has 0 unspecified atom stereocenters. The van der Waals surface area contributed by atoms with Crippen LogP contribution >= 0.6 is 11.3 Å². The van der Waals surface area contributed by atoms with Crippen LogP contribution in [0.1, 0.15) is 42.6 Å². The van der Waals surface area contributed by atoms with Gasteiger partial charge in [0, 0.05) is 4.88 Å². The van der Waals surface area contributed by atoms with E-state index in [0.717, 1.165) is 34.8 Å². The highest BCUT2D eigenvalue weighted by molar-refractivity contribution is 7.18. The molecule has 0 aromatic carbocycles. The molecule has 0 saturated heterocycles. The Morgan fingerprint density at radius 2 is 2.32 bits per heavy atom. The normalized spacial score (nSPS) is 20.5. The smallest absolute Gasteiger partial charge is 0.260 e. The summed E-state index contributed by atoms with van der Waals surface area (Å²) in [6, 6.07) is 0.190. The van der Waals surface area contributed by atoms with Gasteiger partial charge in [-0.2, -0.15) is 0 Å². The minimum atomic E-state index is 0.0424. The lowest BCUT2D eigenvalue weighted by atomic mass is 9.89. The van der Waals surface area contributed by atoms with Crippen molar-refractivity contribution in [1.82, 2.24) is 9.97 Å². The van der Waals surface area contributed by atoms with Crippen LogP contribution in [-0.2, 0) is 12.8 Å². The maximum absolute atomic E-state index is 12.3. The van der Waals surface area contributed by atoms with Crippen molar-refractivity contribution < 1.29 is 5.32 Å². The number of quaternary nitrogens is 1. The molecule has 0 bridgehead atoms.